The van der Waals surface area contributed by atoms with Crippen LogP contribution in [0, 0.1) is 0 Å². The number of rotatable bonds is 2. The molecule has 1 aliphatic rings. The van der Waals surface area contributed by atoms with Crippen LogP contribution in [0.4, 0.5) is 5.82 Å². The predicted octanol–water partition coefficient (Wildman–Crippen LogP) is 0.667. The summed E-state index contributed by atoms with van der Waals surface area (Å²) in [4.78, 5) is 26.1. The number of morpholine rings is 1. The summed E-state index contributed by atoms with van der Waals surface area (Å²) in [5, 5.41) is 0. The molecule has 0 spiro atoms. The number of carbonyl (C=O) groups excluding carboxylic acids is 1. The number of nitrogens with zero attached hydrogens (tertiary/aromatic N) is 4. The second-order valence-electron chi connectivity index (χ2n) is 4.69. The molecule has 1 unspecified atom stereocenters. The van der Waals surface area contributed by atoms with Crippen molar-refractivity contribution in [2.24, 2.45) is 0 Å². The van der Waals surface area contributed by atoms with Gasteiger partial charge in [0.15, 0.2) is 0 Å². The Morgan fingerprint density at radius 1 is 1.38 bits per heavy atom. The summed E-state index contributed by atoms with van der Waals surface area (Å²) >= 11 is 0. The monoisotopic (exact) mass is 285 g/mol. The molecule has 1 saturated heterocycles. The van der Waals surface area contributed by atoms with Gasteiger partial charge in [0.1, 0.15) is 23.9 Å². The van der Waals surface area contributed by atoms with Crippen LogP contribution in [0.15, 0.2) is 36.8 Å². The van der Waals surface area contributed by atoms with Crippen molar-refractivity contribution in [3.8, 4) is 0 Å². The molecule has 0 aromatic carbocycles. The van der Waals surface area contributed by atoms with Gasteiger partial charge in [-0.25, -0.2) is 15.0 Å². The lowest BCUT2D eigenvalue weighted by atomic mass is 10.1. The zero-order valence-corrected chi connectivity index (χ0v) is 11.3. The summed E-state index contributed by atoms with van der Waals surface area (Å²) in [5.41, 5.74) is 6.80. The van der Waals surface area contributed by atoms with Gasteiger partial charge >= 0.3 is 0 Å². The van der Waals surface area contributed by atoms with Gasteiger partial charge in [-0.1, -0.05) is 6.07 Å². The van der Waals surface area contributed by atoms with Crippen LogP contribution >= 0.6 is 0 Å². The highest BCUT2D eigenvalue weighted by Gasteiger charge is 2.27. The topological polar surface area (TPSA) is 94.2 Å². The van der Waals surface area contributed by atoms with Crippen LogP contribution in [-0.2, 0) is 4.74 Å². The molecule has 2 aromatic heterocycles. The van der Waals surface area contributed by atoms with Crippen molar-refractivity contribution in [1.82, 2.24) is 19.9 Å². The Hall–Kier alpha value is -2.54. The molecule has 7 nitrogen and oxygen atoms in total. The molecule has 7 heteroatoms. The minimum Gasteiger partial charge on any atom is -0.384 e. The second kappa shape index (κ2) is 5.84. The lowest BCUT2D eigenvalue weighted by Crippen LogP contribution is -2.42. The number of amides is 1. The van der Waals surface area contributed by atoms with E-state index in [9.17, 15) is 4.79 Å². The molecular formula is C14H15N5O2. The molecule has 1 fully saturated rings. The molecule has 0 radical (unpaired) electrons. The van der Waals surface area contributed by atoms with Crippen LogP contribution in [0.1, 0.15) is 22.3 Å². The van der Waals surface area contributed by atoms with E-state index in [4.69, 9.17) is 10.5 Å². The Balaban J connectivity index is 1.75. The Labute approximate surface area is 121 Å². The number of hydrogen-bond acceptors (Lipinski definition) is 6. The van der Waals surface area contributed by atoms with Crippen molar-refractivity contribution in [3.63, 3.8) is 0 Å². The first kappa shape index (κ1) is 13.4. The summed E-state index contributed by atoms with van der Waals surface area (Å²) < 4.78 is 5.69. The van der Waals surface area contributed by atoms with Gasteiger partial charge in [-0.05, 0) is 18.2 Å². The van der Waals surface area contributed by atoms with Crippen molar-refractivity contribution < 1.29 is 9.53 Å². The van der Waals surface area contributed by atoms with Crippen molar-refractivity contribution in [2.45, 2.75) is 6.10 Å². The van der Waals surface area contributed by atoms with Crippen LogP contribution in [0.25, 0.3) is 0 Å². The third-order valence-corrected chi connectivity index (χ3v) is 3.28. The van der Waals surface area contributed by atoms with Crippen LogP contribution in [-0.4, -0.2) is 45.5 Å². The zero-order chi connectivity index (χ0) is 14.7. The summed E-state index contributed by atoms with van der Waals surface area (Å²) in [6.45, 7) is 1.42. The van der Waals surface area contributed by atoms with E-state index in [0.717, 1.165) is 5.69 Å². The van der Waals surface area contributed by atoms with Crippen LogP contribution in [0.2, 0.25) is 0 Å². The normalized spacial score (nSPS) is 18.5. The fraction of sp³-hybridized carbons (Fsp3) is 0.286. The Kier molecular flexibility index (Phi) is 3.74. The molecule has 1 amide bonds. The van der Waals surface area contributed by atoms with Gasteiger partial charge in [0.25, 0.3) is 5.91 Å². The number of carbonyl (C=O) groups is 1. The van der Waals surface area contributed by atoms with E-state index in [1.807, 2.05) is 12.1 Å². The fourth-order valence-electron chi connectivity index (χ4n) is 2.24. The largest absolute Gasteiger partial charge is 0.384 e. The maximum atomic E-state index is 12.4. The van der Waals surface area contributed by atoms with E-state index in [1.54, 1.807) is 23.2 Å². The lowest BCUT2D eigenvalue weighted by Gasteiger charge is -2.32. The number of aromatic nitrogens is 3. The molecule has 2 N–H and O–H groups in total. The SMILES string of the molecule is Nc1cccc(C2CN(C(=O)c3ccncn3)CCO2)n1. The number of ether oxygens (including phenoxy) is 1. The molecule has 0 saturated carbocycles. The molecule has 1 aliphatic heterocycles. The first-order chi connectivity index (χ1) is 10.2. The Morgan fingerprint density at radius 2 is 2.29 bits per heavy atom. The van der Waals surface area contributed by atoms with Crippen LogP contribution in [0.5, 0.6) is 0 Å². The van der Waals surface area contributed by atoms with Crippen molar-refractivity contribution in [1.29, 1.82) is 0 Å². The molecule has 108 valence electrons. The Bertz CT molecular complexity index is 634. The third kappa shape index (κ3) is 2.97. The first-order valence-electron chi connectivity index (χ1n) is 6.63. The average molecular weight is 285 g/mol. The maximum Gasteiger partial charge on any atom is 0.272 e. The minimum atomic E-state index is -0.270. The number of nitrogen functional groups attached to an aromatic ring is 1. The highest BCUT2D eigenvalue weighted by Crippen LogP contribution is 2.22. The number of pyridine rings is 1. The molecule has 3 rings (SSSR count). The smallest absolute Gasteiger partial charge is 0.272 e. The van der Waals surface area contributed by atoms with E-state index in [-0.39, 0.29) is 12.0 Å². The van der Waals surface area contributed by atoms with Gasteiger partial charge in [-0.3, -0.25) is 4.79 Å². The quantitative estimate of drug-likeness (QED) is 0.871. The summed E-state index contributed by atoms with van der Waals surface area (Å²) in [6, 6.07) is 6.99. The molecule has 21 heavy (non-hydrogen) atoms. The van der Waals surface area contributed by atoms with Gasteiger partial charge in [-0.2, -0.15) is 0 Å². The highest BCUT2D eigenvalue weighted by molar-refractivity contribution is 5.92. The molecule has 3 heterocycles. The Morgan fingerprint density at radius 3 is 3.05 bits per heavy atom. The molecule has 2 aromatic rings. The van der Waals surface area contributed by atoms with E-state index in [2.05, 4.69) is 15.0 Å². The second-order valence-corrected chi connectivity index (χ2v) is 4.69. The maximum absolute atomic E-state index is 12.4. The van der Waals surface area contributed by atoms with Crippen molar-refractivity contribution in [3.05, 3.63) is 48.2 Å². The van der Waals surface area contributed by atoms with E-state index in [0.29, 0.717) is 31.2 Å². The summed E-state index contributed by atoms with van der Waals surface area (Å²) in [5.74, 6) is 0.310. The van der Waals surface area contributed by atoms with Gasteiger partial charge in [-0.15, -0.1) is 0 Å². The standard InChI is InChI=1S/C14H15N5O2/c15-13-3-1-2-10(18-13)12-8-19(6-7-21-12)14(20)11-4-5-16-9-17-11/h1-5,9,12H,6-8H2,(H2,15,18). The predicted molar refractivity (Wildman–Crippen MR) is 75.3 cm³/mol. The van der Waals surface area contributed by atoms with E-state index in [1.165, 1.54) is 6.33 Å². The lowest BCUT2D eigenvalue weighted by molar-refractivity contribution is -0.0248. The van der Waals surface area contributed by atoms with Gasteiger partial charge in [0, 0.05) is 12.7 Å². The molecule has 1 atom stereocenters. The first-order valence-corrected chi connectivity index (χ1v) is 6.63. The number of anilines is 1. The van der Waals surface area contributed by atoms with Crippen LogP contribution in [0.3, 0.4) is 0 Å². The number of nitrogens with two attached hydrogens (primary N) is 1. The van der Waals surface area contributed by atoms with Gasteiger partial charge in [0.2, 0.25) is 0 Å². The molecular weight excluding hydrogens is 270 g/mol. The highest BCUT2D eigenvalue weighted by atomic mass is 16.5. The zero-order valence-electron chi connectivity index (χ0n) is 11.3. The van der Waals surface area contributed by atoms with Gasteiger partial charge in [0.05, 0.1) is 18.8 Å². The summed E-state index contributed by atoms with van der Waals surface area (Å²) in [6.07, 6.45) is 2.65. The van der Waals surface area contributed by atoms with E-state index < -0.39 is 0 Å². The molecule has 0 aliphatic carbocycles. The van der Waals surface area contributed by atoms with E-state index >= 15 is 0 Å². The van der Waals surface area contributed by atoms with Crippen LogP contribution < -0.4 is 5.73 Å². The summed E-state index contributed by atoms with van der Waals surface area (Å²) in [7, 11) is 0. The third-order valence-electron chi connectivity index (χ3n) is 3.28. The minimum absolute atomic E-state index is 0.130. The fourth-order valence-corrected chi connectivity index (χ4v) is 2.24. The van der Waals surface area contributed by atoms with Crippen molar-refractivity contribution >= 4 is 11.7 Å². The van der Waals surface area contributed by atoms with Gasteiger partial charge < -0.3 is 15.4 Å². The molecule has 0 bridgehead atoms. The van der Waals surface area contributed by atoms with Crippen molar-refractivity contribution in [2.75, 3.05) is 25.4 Å². The average Bonchev–Trinajstić information content (AvgIpc) is 2.55. The number of hydrogen-bond donors (Lipinski definition) is 1.